The maximum Gasteiger partial charge on any atom is 0.407 e. The Labute approximate surface area is 86.6 Å². The highest BCUT2D eigenvalue weighted by atomic mass is 16.4. The number of rotatable bonds is 2. The van der Waals surface area contributed by atoms with E-state index in [1.54, 1.807) is 0 Å². The lowest BCUT2D eigenvalue weighted by molar-refractivity contribution is -0.116. The molecule has 1 aliphatic rings. The van der Waals surface area contributed by atoms with Crippen LogP contribution in [0.2, 0.25) is 0 Å². The molecule has 7 heteroatoms. The van der Waals surface area contributed by atoms with E-state index in [1.165, 1.54) is 0 Å². The molecule has 0 aromatic heterocycles. The summed E-state index contributed by atoms with van der Waals surface area (Å²) >= 11 is 0. The molecule has 0 spiro atoms. The van der Waals surface area contributed by atoms with Gasteiger partial charge in [-0.15, -0.1) is 0 Å². The summed E-state index contributed by atoms with van der Waals surface area (Å²) in [6, 6.07) is 0. The van der Waals surface area contributed by atoms with Crippen LogP contribution in [-0.4, -0.2) is 69.6 Å². The van der Waals surface area contributed by atoms with Crippen LogP contribution in [0.25, 0.3) is 0 Å². The topological polar surface area (TPSA) is 118 Å². The Bertz CT molecular complexity index is 215. The lowest BCUT2D eigenvalue weighted by Crippen LogP contribution is -2.26. The van der Waals surface area contributed by atoms with Crippen molar-refractivity contribution in [3.05, 3.63) is 0 Å². The van der Waals surface area contributed by atoms with Gasteiger partial charge in [0.05, 0.1) is 19.8 Å². The Morgan fingerprint density at radius 2 is 1.93 bits per heavy atom. The predicted octanol–water partition coefficient (Wildman–Crippen LogP) is -1.73. The van der Waals surface area contributed by atoms with Crippen molar-refractivity contribution in [2.75, 3.05) is 26.3 Å². The normalized spacial score (nSPS) is 15.2. The van der Waals surface area contributed by atoms with E-state index in [-0.39, 0.29) is 25.5 Å². The van der Waals surface area contributed by atoms with Crippen LogP contribution in [0.5, 0.6) is 0 Å². The van der Waals surface area contributed by atoms with Crippen LogP contribution in [0, 0.1) is 0 Å². The fourth-order valence-corrected chi connectivity index (χ4v) is 0.852. The third-order valence-corrected chi connectivity index (χ3v) is 1.72. The van der Waals surface area contributed by atoms with E-state index < -0.39 is 12.2 Å². The van der Waals surface area contributed by atoms with E-state index in [1.807, 2.05) is 0 Å². The smallest absolute Gasteiger partial charge is 0.407 e. The third-order valence-electron chi connectivity index (χ3n) is 1.72. The molecule has 0 aliphatic carbocycles. The van der Waals surface area contributed by atoms with E-state index in [9.17, 15) is 9.59 Å². The van der Waals surface area contributed by atoms with Gasteiger partial charge >= 0.3 is 6.09 Å². The van der Waals surface area contributed by atoms with Crippen molar-refractivity contribution in [1.29, 1.82) is 0 Å². The molecule has 0 unspecified atom stereocenters. The molecule has 15 heavy (non-hydrogen) atoms. The van der Waals surface area contributed by atoms with Crippen LogP contribution in [-0.2, 0) is 4.79 Å². The lowest BCUT2D eigenvalue weighted by atomic mass is 10.4. The number of aliphatic hydroxyl groups excluding tert-OH is 3. The monoisotopic (exact) mass is 221 g/mol. The summed E-state index contributed by atoms with van der Waals surface area (Å²) in [5, 5.41) is 32.3. The molecule has 1 fully saturated rings. The van der Waals surface area contributed by atoms with Gasteiger partial charge < -0.3 is 25.3 Å². The summed E-state index contributed by atoms with van der Waals surface area (Å²) in [6.45, 7) is -0.281. The number of carbonyl (C=O) groups is 2. The number of carboxylic acid groups (broad SMARTS) is 1. The van der Waals surface area contributed by atoms with Gasteiger partial charge in [0, 0.05) is 13.0 Å². The highest BCUT2D eigenvalue weighted by Gasteiger charge is 2.22. The van der Waals surface area contributed by atoms with Gasteiger partial charge in [0.15, 0.2) is 5.78 Å². The first-order valence-electron chi connectivity index (χ1n) is 4.40. The van der Waals surface area contributed by atoms with Crippen LogP contribution >= 0.6 is 0 Å². The summed E-state index contributed by atoms with van der Waals surface area (Å²) < 4.78 is 0. The Kier molecular flexibility index (Phi) is 6.59. The molecule has 4 N–H and O–H groups in total. The van der Waals surface area contributed by atoms with Crippen molar-refractivity contribution in [3.8, 4) is 0 Å². The first kappa shape index (κ1) is 13.8. The number of nitrogens with zero attached hydrogens (tertiary/aromatic N) is 1. The molecular formula is C8H15NO6. The molecule has 0 aromatic carbocycles. The number of hydrogen-bond acceptors (Lipinski definition) is 5. The van der Waals surface area contributed by atoms with Crippen LogP contribution < -0.4 is 0 Å². The molecule has 1 saturated heterocycles. The summed E-state index contributed by atoms with van der Waals surface area (Å²) in [5.41, 5.74) is 0. The van der Waals surface area contributed by atoms with Crippen molar-refractivity contribution < 1.29 is 30.0 Å². The van der Waals surface area contributed by atoms with Gasteiger partial charge in [-0.2, -0.15) is 0 Å². The quantitative estimate of drug-likeness (QED) is 0.440. The molecule has 1 amide bonds. The first-order valence-corrected chi connectivity index (χ1v) is 4.40. The number of carbonyl (C=O) groups excluding carboxylic acids is 1. The summed E-state index contributed by atoms with van der Waals surface area (Å²) in [5.74, 6) is 0.0115. The van der Waals surface area contributed by atoms with Gasteiger partial charge in [-0.3, -0.25) is 4.79 Å². The van der Waals surface area contributed by atoms with Crippen molar-refractivity contribution in [3.63, 3.8) is 0 Å². The van der Waals surface area contributed by atoms with Gasteiger partial charge in [0.1, 0.15) is 6.10 Å². The second kappa shape index (κ2) is 7.16. The van der Waals surface area contributed by atoms with Crippen LogP contribution in [0.15, 0.2) is 0 Å². The second-order valence-electron chi connectivity index (χ2n) is 3.01. The van der Waals surface area contributed by atoms with Gasteiger partial charge in [-0.05, 0) is 0 Å². The van der Waals surface area contributed by atoms with E-state index in [2.05, 4.69) is 0 Å². The highest BCUT2D eigenvalue weighted by Crippen LogP contribution is 2.02. The van der Waals surface area contributed by atoms with E-state index >= 15 is 0 Å². The average molecular weight is 221 g/mol. The molecule has 0 aromatic rings. The average Bonchev–Trinajstić information content (AvgIpc) is 2.64. The van der Waals surface area contributed by atoms with Crippen LogP contribution in [0.3, 0.4) is 0 Å². The summed E-state index contributed by atoms with van der Waals surface area (Å²) in [4.78, 5) is 21.7. The minimum atomic E-state index is -0.999. The Hall–Kier alpha value is -1.18. The zero-order chi connectivity index (χ0) is 11.8. The zero-order valence-electron chi connectivity index (χ0n) is 8.17. The molecule has 1 rings (SSSR count). The summed E-state index contributed by atoms with van der Waals surface area (Å²) in [6.07, 6.45) is -1.57. The molecule has 0 bridgehead atoms. The minimum Gasteiger partial charge on any atom is -0.465 e. The van der Waals surface area contributed by atoms with E-state index in [4.69, 9.17) is 20.4 Å². The maximum absolute atomic E-state index is 10.5. The Morgan fingerprint density at radius 1 is 1.40 bits per heavy atom. The summed E-state index contributed by atoms with van der Waals surface area (Å²) in [7, 11) is 0. The van der Waals surface area contributed by atoms with Gasteiger partial charge in [0.2, 0.25) is 0 Å². The van der Waals surface area contributed by atoms with Gasteiger partial charge in [-0.25, -0.2) is 4.79 Å². The molecule has 0 saturated carbocycles. The van der Waals surface area contributed by atoms with Crippen molar-refractivity contribution in [1.82, 2.24) is 4.90 Å². The van der Waals surface area contributed by atoms with Crippen molar-refractivity contribution >= 4 is 11.9 Å². The Morgan fingerprint density at radius 3 is 2.07 bits per heavy atom. The minimum absolute atomic E-state index is 0.0115. The first-order chi connectivity index (χ1) is 7.01. The molecular weight excluding hydrogens is 206 g/mol. The molecule has 0 radical (unpaired) electrons. The second-order valence-corrected chi connectivity index (χ2v) is 3.01. The van der Waals surface area contributed by atoms with Gasteiger partial charge in [0.25, 0.3) is 0 Å². The SMILES string of the molecule is O=C1CCN(C(=O)O)C1.OCC(O)CO. The molecule has 0 atom stereocenters. The Balaban J connectivity index is 0.000000288. The molecule has 1 aliphatic heterocycles. The maximum atomic E-state index is 10.5. The van der Waals surface area contributed by atoms with Crippen molar-refractivity contribution in [2.45, 2.75) is 12.5 Å². The standard InChI is InChI=1S/C5H7NO3.C3H8O3/c7-4-1-2-6(3-4)5(8)9;4-1-3(6)2-5/h1-3H2,(H,8,9);3-6H,1-2H2. The van der Waals surface area contributed by atoms with Crippen LogP contribution in [0.4, 0.5) is 4.79 Å². The highest BCUT2D eigenvalue weighted by molar-refractivity contribution is 5.86. The number of likely N-dealkylation sites (tertiary alicyclic amines) is 1. The zero-order valence-corrected chi connectivity index (χ0v) is 8.17. The number of hydrogen-bond donors (Lipinski definition) is 4. The third kappa shape index (κ3) is 6.00. The molecule has 7 nitrogen and oxygen atoms in total. The molecule has 1 heterocycles. The van der Waals surface area contributed by atoms with Crippen LogP contribution in [0.1, 0.15) is 6.42 Å². The number of amides is 1. The predicted molar refractivity (Wildman–Crippen MR) is 49.4 cm³/mol. The fraction of sp³-hybridized carbons (Fsp3) is 0.750. The molecule has 88 valence electrons. The fourth-order valence-electron chi connectivity index (χ4n) is 0.852. The van der Waals surface area contributed by atoms with E-state index in [0.717, 1.165) is 4.90 Å². The van der Waals surface area contributed by atoms with Gasteiger partial charge in [-0.1, -0.05) is 0 Å². The van der Waals surface area contributed by atoms with E-state index in [0.29, 0.717) is 13.0 Å². The largest absolute Gasteiger partial charge is 0.465 e. The number of aliphatic hydroxyl groups is 3. The van der Waals surface area contributed by atoms with Crippen molar-refractivity contribution in [2.24, 2.45) is 0 Å². The number of Topliss-reactive ketones (excluding diaryl/α,β-unsaturated/α-hetero) is 1. The lowest BCUT2D eigenvalue weighted by Gasteiger charge is -2.06. The number of ketones is 1.